The topological polar surface area (TPSA) is 94.5 Å². The molecule has 0 radical (unpaired) electrons. The molecule has 8 nitrogen and oxygen atoms in total. The van der Waals surface area contributed by atoms with Crippen molar-refractivity contribution in [3.8, 4) is 11.5 Å². The number of carbonyl (C=O) groups excluding carboxylic acids is 2. The van der Waals surface area contributed by atoms with Crippen molar-refractivity contribution in [1.29, 1.82) is 0 Å². The molecule has 2 aliphatic rings. The van der Waals surface area contributed by atoms with E-state index in [4.69, 9.17) is 18.9 Å². The number of aliphatic hydroxyl groups is 1. The molecule has 1 aromatic rings. The molecule has 1 saturated carbocycles. The lowest BCUT2D eigenvalue weighted by molar-refractivity contribution is 0.0171. The first kappa shape index (κ1) is 24.2. The maximum Gasteiger partial charge on any atom is 0.410 e. The number of methoxy groups -OCH3 is 1. The smallest absolute Gasteiger partial charge is 0.410 e. The van der Waals surface area contributed by atoms with Crippen LogP contribution in [0.3, 0.4) is 0 Å². The number of hydrogen-bond acceptors (Lipinski definition) is 7. The van der Waals surface area contributed by atoms with Gasteiger partial charge in [-0.05, 0) is 77.5 Å². The minimum Gasteiger partial charge on any atom is -0.490 e. The van der Waals surface area contributed by atoms with Gasteiger partial charge in [-0.25, -0.2) is 9.59 Å². The third-order valence-corrected chi connectivity index (χ3v) is 5.65. The van der Waals surface area contributed by atoms with Crippen LogP contribution in [0.15, 0.2) is 12.1 Å². The monoisotopic (exact) mass is 449 g/mol. The first-order valence-electron chi connectivity index (χ1n) is 11.3. The Morgan fingerprint density at radius 3 is 2.44 bits per heavy atom. The Bertz CT molecular complexity index is 826. The van der Waals surface area contributed by atoms with E-state index in [1.807, 2.05) is 13.0 Å². The second-order valence-corrected chi connectivity index (χ2v) is 9.64. The minimum atomic E-state index is -0.657. The Morgan fingerprint density at radius 2 is 1.81 bits per heavy atom. The third-order valence-electron chi connectivity index (χ3n) is 5.65. The quantitative estimate of drug-likeness (QED) is 0.659. The van der Waals surface area contributed by atoms with Gasteiger partial charge < -0.3 is 24.1 Å². The molecule has 2 atom stereocenters. The number of β-amino-alcohol motifs (C(OH)–C–C–N with tert-alkyl or cyclic N) is 1. The standard InChI is InChI=1S/C24H35NO7/c1-15-10-19(21(22(27)29-5)20(11-15)31-18-8-6-7-9-18)30-14-16-12-17(26)13-25(16)23(28)32-24(2,3)4/h10-11,16-18,26H,6-9,12-14H2,1-5H3/t16-,17+/m1/s1. The summed E-state index contributed by atoms with van der Waals surface area (Å²) in [6.45, 7) is 7.57. The lowest BCUT2D eigenvalue weighted by atomic mass is 10.1. The molecule has 1 amide bonds. The van der Waals surface area contributed by atoms with Crippen LogP contribution in [-0.2, 0) is 9.47 Å². The molecule has 0 spiro atoms. The summed E-state index contributed by atoms with van der Waals surface area (Å²) in [7, 11) is 1.32. The summed E-state index contributed by atoms with van der Waals surface area (Å²) in [5.74, 6) is 0.257. The molecule has 0 aromatic heterocycles. The average molecular weight is 450 g/mol. The van der Waals surface area contributed by atoms with Gasteiger partial charge in [0.25, 0.3) is 0 Å². The summed E-state index contributed by atoms with van der Waals surface area (Å²) in [4.78, 5) is 26.7. The summed E-state index contributed by atoms with van der Waals surface area (Å²) in [6.07, 6.45) is 3.41. The zero-order chi connectivity index (χ0) is 23.5. The number of benzene rings is 1. The Balaban J connectivity index is 1.80. The summed E-state index contributed by atoms with van der Waals surface area (Å²) >= 11 is 0. The molecular weight excluding hydrogens is 414 g/mol. The fourth-order valence-corrected chi connectivity index (χ4v) is 4.20. The van der Waals surface area contributed by atoms with E-state index < -0.39 is 23.8 Å². The van der Waals surface area contributed by atoms with Crippen LogP contribution in [0.1, 0.15) is 68.8 Å². The van der Waals surface area contributed by atoms with Gasteiger partial charge >= 0.3 is 12.1 Å². The Morgan fingerprint density at radius 1 is 1.16 bits per heavy atom. The van der Waals surface area contributed by atoms with Crippen molar-refractivity contribution in [2.24, 2.45) is 0 Å². The first-order chi connectivity index (χ1) is 15.1. The molecule has 1 aliphatic heterocycles. The van der Waals surface area contributed by atoms with Crippen LogP contribution in [-0.4, -0.2) is 66.2 Å². The van der Waals surface area contributed by atoms with Gasteiger partial charge in [0.15, 0.2) is 0 Å². The van der Waals surface area contributed by atoms with Gasteiger partial charge in [0, 0.05) is 0 Å². The van der Waals surface area contributed by atoms with Crippen LogP contribution in [0.5, 0.6) is 11.5 Å². The van der Waals surface area contributed by atoms with Crippen LogP contribution in [0.2, 0.25) is 0 Å². The Kier molecular flexibility index (Phi) is 7.54. The van der Waals surface area contributed by atoms with Gasteiger partial charge in [0.2, 0.25) is 0 Å². The van der Waals surface area contributed by atoms with Crippen molar-refractivity contribution in [2.45, 2.75) is 83.6 Å². The molecule has 1 aliphatic carbocycles. The number of esters is 1. The number of ether oxygens (including phenoxy) is 4. The molecule has 32 heavy (non-hydrogen) atoms. The van der Waals surface area contributed by atoms with Gasteiger partial charge in [-0.3, -0.25) is 4.90 Å². The highest BCUT2D eigenvalue weighted by molar-refractivity contribution is 5.95. The third kappa shape index (κ3) is 6.06. The maximum absolute atomic E-state index is 12.6. The predicted octanol–water partition coefficient (Wildman–Crippen LogP) is 3.85. The van der Waals surface area contributed by atoms with E-state index in [2.05, 4.69) is 0 Å². The van der Waals surface area contributed by atoms with Gasteiger partial charge in [0.05, 0.1) is 31.9 Å². The number of aryl methyl sites for hydroxylation is 1. The van der Waals surface area contributed by atoms with Crippen molar-refractivity contribution >= 4 is 12.1 Å². The van der Waals surface area contributed by atoms with Gasteiger partial charge in [-0.15, -0.1) is 0 Å². The summed E-state index contributed by atoms with van der Waals surface area (Å²) in [5.41, 5.74) is 0.486. The number of likely N-dealkylation sites (tertiary alicyclic amines) is 1. The van der Waals surface area contributed by atoms with E-state index in [0.717, 1.165) is 31.2 Å². The van der Waals surface area contributed by atoms with E-state index in [9.17, 15) is 14.7 Å². The number of aliphatic hydroxyl groups excluding tert-OH is 1. The van der Waals surface area contributed by atoms with Crippen LogP contribution < -0.4 is 9.47 Å². The van der Waals surface area contributed by atoms with E-state index in [1.165, 1.54) is 12.0 Å². The molecule has 2 fully saturated rings. The molecule has 3 rings (SSSR count). The van der Waals surface area contributed by atoms with Gasteiger partial charge in [-0.1, -0.05) is 0 Å². The highest BCUT2D eigenvalue weighted by atomic mass is 16.6. The highest BCUT2D eigenvalue weighted by Crippen LogP contribution is 2.35. The van der Waals surface area contributed by atoms with Crippen LogP contribution in [0.25, 0.3) is 0 Å². The second-order valence-electron chi connectivity index (χ2n) is 9.64. The number of carbonyl (C=O) groups is 2. The van der Waals surface area contributed by atoms with Crippen molar-refractivity contribution in [1.82, 2.24) is 4.90 Å². The fourth-order valence-electron chi connectivity index (χ4n) is 4.20. The highest BCUT2D eigenvalue weighted by Gasteiger charge is 2.37. The number of hydrogen-bond donors (Lipinski definition) is 1. The molecule has 0 bridgehead atoms. The van der Waals surface area contributed by atoms with Crippen molar-refractivity contribution in [2.75, 3.05) is 20.3 Å². The molecule has 1 aromatic carbocycles. The Hall–Kier alpha value is -2.48. The predicted molar refractivity (Wildman–Crippen MR) is 118 cm³/mol. The Labute approximate surface area is 189 Å². The maximum atomic E-state index is 12.6. The zero-order valence-corrected chi connectivity index (χ0v) is 19.7. The van der Waals surface area contributed by atoms with E-state index in [-0.39, 0.29) is 30.9 Å². The normalized spacial score (nSPS) is 21.5. The van der Waals surface area contributed by atoms with Crippen molar-refractivity contribution < 1.29 is 33.6 Å². The lowest BCUT2D eigenvalue weighted by Gasteiger charge is -2.28. The van der Waals surface area contributed by atoms with Crippen LogP contribution >= 0.6 is 0 Å². The minimum absolute atomic E-state index is 0.0701. The van der Waals surface area contributed by atoms with Crippen molar-refractivity contribution in [3.63, 3.8) is 0 Å². The van der Waals surface area contributed by atoms with Crippen LogP contribution in [0, 0.1) is 6.92 Å². The number of nitrogens with zero attached hydrogens (tertiary/aromatic N) is 1. The molecule has 1 N–H and O–H groups in total. The van der Waals surface area contributed by atoms with Gasteiger partial charge in [0.1, 0.15) is 29.3 Å². The SMILES string of the molecule is COC(=O)c1c(OC[C@H]2C[C@H](O)CN2C(=O)OC(C)(C)C)cc(C)cc1OC1CCCC1. The lowest BCUT2D eigenvalue weighted by Crippen LogP contribution is -2.42. The van der Waals surface area contributed by atoms with Crippen molar-refractivity contribution in [3.05, 3.63) is 23.3 Å². The average Bonchev–Trinajstić information content (AvgIpc) is 3.33. The molecule has 0 unspecified atom stereocenters. The van der Waals surface area contributed by atoms with Crippen LogP contribution in [0.4, 0.5) is 4.79 Å². The summed E-state index contributed by atoms with van der Waals surface area (Å²) < 4.78 is 22.7. The number of amides is 1. The molecule has 1 saturated heterocycles. The van der Waals surface area contributed by atoms with E-state index in [0.29, 0.717) is 17.9 Å². The van der Waals surface area contributed by atoms with E-state index in [1.54, 1.807) is 26.8 Å². The first-order valence-corrected chi connectivity index (χ1v) is 11.3. The molecule has 178 valence electrons. The van der Waals surface area contributed by atoms with Gasteiger partial charge in [-0.2, -0.15) is 0 Å². The second kappa shape index (κ2) is 9.98. The van der Waals surface area contributed by atoms with E-state index >= 15 is 0 Å². The zero-order valence-electron chi connectivity index (χ0n) is 19.7. The number of rotatable bonds is 6. The fraction of sp³-hybridized carbons (Fsp3) is 0.667. The molecule has 1 heterocycles. The largest absolute Gasteiger partial charge is 0.490 e. The summed E-state index contributed by atoms with van der Waals surface area (Å²) in [5, 5.41) is 10.1. The summed E-state index contributed by atoms with van der Waals surface area (Å²) in [6, 6.07) is 3.20. The molecular formula is C24H35NO7. The molecule has 8 heteroatoms.